The lowest BCUT2D eigenvalue weighted by molar-refractivity contribution is -0.111. The first kappa shape index (κ1) is 16.9. The summed E-state index contributed by atoms with van der Waals surface area (Å²) in [6, 6.07) is 0. The molecule has 1 N–H and O–H groups in total. The normalized spacial score (nSPS) is 17.2. The number of hydrogen-bond acceptors (Lipinski definition) is 4. The first-order valence-electron chi connectivity index (χ1n) is 8.45. The van der Waals surface area contributed by atoms with Crippen LogP contribution in [0.5, 0.6) is 0 Å². The maximum Gasteiger partial charge on any atom is 0.250 e. The van der Waals surface area contributed by atoms with Crippen molar-refractivity contribution in [3.05, 3.63) is 33.6 Å². The topological polar surface area (TPSA) is 59.8 Å². The standard InChI is InChI=1S/C18H24N4OS/c1-5-13-6-8-15-16(10-13)24-18(19-15)20-17(23)9-7-14-11(2)21-22(4)12(14)3/h7,9,13H,5-6,8,10H2,1-4H3,(H,19,20,23). The third kappa shape index (κ3) is 3.43. The molecule has 0 bridgehead atoms. The Bertz CT molecular complexity index is 787. The second-order valence-electron chi connectivity index (χ2n) is 6.44. The summed E-state index contributed by atoms with van der Waals surface area (Å²) in [6.07, 6.45) is 7.94. The number of anilines is 1. The van der Waals surface area contributed by atoms with Crippen LogP contribution >= 0.6 is 11.3 Å². The summed E-state index contributed by atoms with van der Waals surface area (Å²) in [4.78, 5) is 18.1. The number of aryl methyl sites for hydroxylation is 3. The van der Waals surface area contributed by atoms with Crippen molar-refractivity contribution < 1.29 is 4.79 Å². The second-order valence-corrected chi connectivity index (χ2v) is 7.52. The lowest BCUT2D eigenvalue weighted by Gasteiger charge is -2.18. The van der Waals surface area contributed by atoms with Gasteiger partial charge in [-0.05, 0) is 45.1 Å². The highest BCUT2D eigenvalue weighted by Gasteiger charge is 2.21. The van der Waals surface area contributed by atoms with Crippen LogP contribution in [0.4, 0.5) is 5.13 Å². The number of hydrogen-bond donors (Lipinski definition) is 1. The van der Waals surface area contributed by atoms with Crippen molar-refractivity contribution in [2.24, 2.45) is 13.0 Å². The molecule has 0 aromatic carbocycles. The van der Waals surface area contributed by atoms with Gasteiger partial charge in [0.05, 0.1) is 11.4 Å². The minimum Gasteiger partial charge on any atom is -0.298 e. The summed E-state index contributed by atoms with van der Waals surface area (Å²) < 4.78 is 1.83. The van der Waals surface area contributed by atoms with E-state index in [-0.39, 0.29) is 5.91 Å². The quantitative estimate of drug-likeness (QED) is 0.861. The number of thiazole rings is 1. The van der Waals surface area contributed by atoms with Crippen molar-refractivity contribution in [2.75, 3.05) is 5.32 Å². The lowest BCUT2D eigenvalue weighted by Crippen LogP contribution is -2.11. The highest BCUT2D eigenvalue weighted by Crippen LogP contribution is 2.33. The molecule has 0 aliphatic heterocycles. The van der Waals surface area contributed by atoms with E-state index in [1.807, 2.05) is 31.7 Å². The molecule has 6 heteroatoms. The van der Waals surface area contributed by atoms with Crippen LogP contribution in [0.1, 0.15) is 47.3 Å². The van der Waals surface area contributed by atoms with E-state index in [2.05, 4.69) is 22.3 Å². The zero-order valence-corrected chi connectivity index (χ0v) is 15.5. The van der Waals surface area contributed by atoms with E-state index < -0.39 is 0 Å². The summed E-state index contributed by atoms with van der Waals surface area (Å²) >= 11 is 1.62. The van der Waals surface area contributed by atoms with Gasteiger partial charge in [0.25, 0.3) is 0 Å². The Hall–Kier alpha value is -1.95. The monoisotopic (exact) mass is 344 g/mol. The minimum atomic E-state index is -0.143. The molecule has 128 valence electrons. The van der Waals surface area contributed by atoms with Crippen molar-refractivity contribution in [1.82, 2.24) is 14.8 Å². The molecule has 0 radical (unpaired) electrons. The number of fused-ring (bicyclic) bond motifs is 1. The molecular formula is C18H24N4OS. The Labute approximate surface area is 146 Å². The van der Waals surface area contributed by atoms with Crippen LogP contribution in [0, 0.1) is 19.8 Å². The molecule has 2 aromatic heterocycles. The second kappa shape index (κ2) is 6.89. The predicted molar refractivity (Wildman–Crippen MR) is 98.3 cm³/mol. The summed E-state index contributed by atoms with van der Waals surface area (Å²) in [6.45, 7) is 6.19. The number of carbonyl (C=O) groups is 1. The van der Waals surface area contributed by atoms with E-state index in [4.69, 9.17) is 0 Å². The maximum atomic E-state index is 12.2. The van der Waals surface area contributed by atoms with Crippen molar-refractivity contribution in [3.63, 3.8) is 0 Å². The average Bonchev–Trinajstić information content (AvgIpc) is 3.05. The SMILES string of the molecule is CCC1CCc2nc(NC(=O)C=Cc3c(C)nn(C)c3C)sc2C1. The molecule has 2 aromatic rings. The van der Waals surface area contributed by atoms with Gasteiger partial charge < -0.3 is 0 Å². The molecule has 3 rings (SSSR count). The summed E-state index contributed by atoms with van der Waals surface area (Å²) in [5.74, 6) is 0.619. The first-order valence-corrected chi connectivity index (χ1v) is 9.27. The van der Waals surface area contributed by atoms with Crippen LogP contribution in [0.25, 0.3) is 6.08 Å². The van der Waals surface area contributed by atoms with Crippen LogP contribution in [0.3, 0.4) is 0 Å². The summed E-state index contributed by atoms with van der Waals surface area (Å²) in [5, 5.41) is 7.97. The highest BCUT2D eigenvalue weighted by molar-refractivity contribution is 7.15. The van der Waals surface area contributed by atoms with E-state index in [9.17, 15) is 4.79 Å². The Balaban J connectivity index is 1.67. The molecule has 1 aliphatic rings. The van der Waals surface area contributed by atoms with Crippen LogP contribution < -0.4 is 5.32 Å². The van der Waals surface area contributed by atoms with Gasteiger partial charge in [-0.1, -0.05) is 13.3 Å². The maximum absolute atomic E-state index is 12.2. The number of aromatic nitrogens is 3. The van der Waals surface area contributed by atoms with Crippen LogP contribution in [0.2, 0.25) is 0 Å². The summed E-state index contributed by atoms with van der Waals surface area (Å²) in [7, 11) is 1.91. The average molecular weight is 344 g/mol. The van der Waals surface area contributed by atoms with Crippen molar-refractivity contribution in [3.8, 4) is 0 Å². The number of carbonyl (C=O) groups excluding carboxylic acids is 1. The largest absolute Gasteiger partial charge is 0.298 e. The van der Waals surface area contributed by atoms with Gasteiger partial charge in [-0.2, -0.15) is 5.10 Å². The fraction of sp³-hybridized carbons (Fsp3) is 0.500. The molecule has 0 saturated heterocycles. The van der Waals surface area contributed by atoms with Gasteiger partial charge in [0.15, 0.2) is 5.13 Å². The Morgan fingerprint density at radius 1 is 1.46 bits per heavy atom. The van der Waals surface area contributed by atoms with Gasteiger partial charge in [0, 0.05) is 29.3 Å². The third-order valence-corrected chi connectivity index (χ3v) is 5.85. The van der Waals surface area contributed by atoms with E-state index in [1.165, 1.54) is 23.4 Å². The third-order valence-electron chi connectivity index (χ3n) is 4.82. The van der Waals surface area contributed by atoms with Crippen molar-refractivity contribution >= 4 is 28.5 Å². The fourth-order valence-corrected chi connectivity index (χ4v) is 4.31. The van der Waals surface area contributed by atoms with Crippen LogP contribution in [0.15, 0.2) is 6.08 Å². The van der Waals surface area contributed by atoms with Gasteiger partial charge in [-0.15, -0.1) is 11.3 Å². The van der Waals surface area contributed by atoms with Crippen molar-refractivity contribution in [2.45, 2.75) is 46.5 Å². The van der Waals surface area contributed by atoms with E-state index >= 15 is 0 Å². The highest BCUT2D eigenvalue weighted by atomic mass is 32.1. The van der Waals surface area contributed by atoms with E-state index in [1.54, 1.807) is 17.4 Å². The fourth-order valence-electron chi connectivity index (χ4n) is 3.18. The van der Waals surface area contributed by atoms with Gasteiger partial charge >= 0.3 is 0 Å². The van der Waals surface area contributed by atoms with Crippen LogP contribution in [-0.2, 0) is 24.7 Å². The molecule has 0 saturated carbocycles. The molecule has 0 spiro atoms. The van der Waals surface area contributed by atoms with Gasteiger partial charge in [0.2, 0.25) is 5.91 Å². The number of nitrogens with one attached hydrogen (secondary N) is 1. The zero-order valence-electron chi connectivity index (χ0n) is 14.7. The smallest absolute Gasteiger partial charge is 0.250 e. The minimum absolute atomic E-state index is 0.143. The van der Waals surface area contributed by atoms with Gasteiger partial charge in [-0.25, -0.2) is 4.98 Å². The molecule has 1 unspecified atom stereocenters. The van der Waals surface area contributed by atoms with E-state index in [0.29, 0.717) is 5.13 Å². The summed E-state index contributed by atoms with van der Waals surface area (Å²) in [5.41, 5.74) is 4.14. The molecule has 1 amide bonds. The van der Waals surface area contributed by atoms with Crippen LogP contribution in [-0.4, -0.2) is 20.7 Å². The van der Waals surface area contributed by atoms with Gasteiger partial charge in [-0.3, -0.25) is 14.8 Å². The number of nitrogens with zero attached hydrogens (tertiary/aromatic N) is 3. The number of rotatable bonds is 4. The molecular weight excluding hydrogens is 320 g/mol. The van der Waals surface area contributed by atoms with Gasteiger partial charge in [0.1, 0.15) is 0 Å². The Morgan fingerprint density at radius 2 is 2.25 bits per heavy atom. The Morgan fingerprint density at radius 3 is 2.92 bits per heavy atom. The molecule has 1 atom stereocenters. The zero-order chi connectivity index (χ0) is 17.3. The predicted octanol–water partition coefficient (Wildman–Crippen LogP) is 3.66. The number of amides is 1. The van der Waals surface area contributed by atoms with E-state index in [0.717, 1.165) is 35.7 Å². The molecule has 0 fully saturated rings. The first-order chi connectivity index (χ1) is 11.5. The van der Waals surface area contributed by atoms with Crippen molar-refractivity contribution in [1.29, 1.82) is 0 Å². The molecule has 1 aliphatic carbocycles. The molecule has 24 heavy (non-hydrogen) atoms. The molecule has 5 nitrogen and oxygen atoms in total. The Kier molecular flexibility index (Phi) is 4.85. The molecule has 2 heterocycles. The lowest BCUT2D eigenvalue weighted by atomic mass is 9.89.